The Morgan fingerprint density at radius 2 is 1.43 bits per heavy atom. The first-order chi connectivity index (χ1) is 16.8. The van der Waals surface area contributed by atoms with Crippen LogP contribution in [0.3, 0.4) is 0 Å². The molecule has 3 aromatic carbocycles. The summed E-state index contributed by atoms with van der Waals surface area (Å²) in [6.45, 7) is 3.83. The van der Waals surface area contributed by atoms with E-state index in [4.69, 9.17) is 16.3 Å². The summed E-state index contributed by atoms with van der Waals surface area (Å²) in [4.78, 5) is 56.5. The average molecular weight is 486 g/mol. The van der Waals surface area contributed by atoms with Crippen LogP contribution in [0, 0.1) is 25.7 Å². The normalized spacial score (nSPS) is 24.4. The summed E-state index contributed by atoms with van der Waals surface area (Å²) in [5, 5.41) is 0.327. The van der Waals surface area contributed by atoms with E-state index in [0.717, 1.165) is 16.0 Å². The van der Waals surface area contributed by atoms with Crippen molar-refractivity contribution in [2.24, 2.45) is 11.8 Å². The van der Waals surface area contributed by atoms with Crippen molar-refractivity contribution in [3.05, 3.63) is 99.6 Å². The molecule has 35 heavy (non-hydrogen) atoms. The monoisotopic (exact) mass is 485 g/mol. The van der Waals surface area contributed by atoms with Crippen LogP contribution in [0.25, 0.3) is 0 Å². The molecule has 3 atom stereocenters. The number of Topliss-reactive ketones (excluding diaryl/α,β-unsaturated/α-hetero) is 2. The lowest BCUT2D eigenvalue weighted by atomic mass is 9.77. The summed E-state index contributed by atoms with van der Waals surface area (Å²) < 4.78 is 6.27. The summed E-state index contributed by atoms with van der Waals surface area (Å²) in [5.41, 5.74) is 1.07. The maximum Gasteiger partial charge on any atom is 0.241 e. The third-order valence-electron chi connectivity index (χ3n) is 7.48. The van der Waals surface area contributed by atoms with Gasteiger partial charge in [0.1, 0.15) is 0 Å². The van der Waals surface area contributed by atoms with Crippen molar-refractivity contribution in [2.75, 3.05) is 4.90 Å². The van der Waals surface area contributed by atoms with Gasteiger partial charge in [0.2, 0.25) is 29.0 Å². The van der Waals surface area contributed by atoms with E-state index in [1.807, 2.05) is 19.9 Å². The van der Waals surface area contributed by atoms with Gasteiger partial charge in [-0.05, 0) is 43.2 Å². The van der Waals surface area contributed by atoms with Crippen LogP contribution in [0.5, 0.6) is 0 Å². The molecular formula is C28H20ClNO5. The van der Waals surface area contributed by atoms with E-state index in [9.17, 15) is 19.2 Å². The topological polar surface area (TPSA) is 80.8 Å². The number of fused-ring (bicyclic) bond motifs is 3. The highest BCUT2D eigenvalue weighted by Crippen LogP contribution is 2.58. The van der Waals surface area contributed by atoms with Crippen LogP contribution in [0.15, 0.2) is 66.7 Å². The fourth-order valence-corrected chi connectivity index (χ4v) is 5.87. The minimum Gasteiger partial charge on any atom is -0.349 e. The molecule has 0 unspecified atom stereocenters. The molecule has 6 rings (SSSR count). The fraction of sp³-hybridized carbons (Fsp3) is 0.214. The van der Waals surface area contributed by atoms with Crippen molar-refractivity contribution < 1.29 is 23.9 Å². The second-order valence-electron chi connectivity index (χ2n) is 9.28. The Balaban J connectivity index is 1.56. The third kappa shape index (κ3) is 2.75. The molecule has 6 nitrogen and oxygen atoms in total. The van der Waals surface area contributed by atoms with Crippen LogP contribution in [0.4, 0.5) is 5.69 Å². The summed E-state index contributed by atoms with van der Waals surface area (Å²) >= 11 is 6.47. The van der Waals surface area contributed by atoms with Gasteiger partial charge in [-0.25, -0.2) is 4.90 Å². The number of hydrogen-bond acceptors (Lipinski definition) is 5. The van der Waals surface area contributed by atoms with Crippen molar-refractivity contribution >= 4 is 40.7 Å². The number of amides is 2. The van der Waals surface area contributed by atoms with Crippen LogP contribution in [-0.4, -0.2) is 29.0 Å². The lowest BCUT2D eigenvalue weighted by Gasteiger charge is -2.27. The van der Waals surface area contributed by atoms with Gasteiger partial charge < -0.3 is 4.74 Å². The number of rotatable bonds is 2. The van der Waals surface area contributed by atoms with E-state index in [-0.39, 0.29) is 11.1 Å². The minimum atomic E-state index is -2.11. The van der Waals surface area contributed by atoms with Crippen LogP contribution in [0.2, 0.25) is 5.02 Å². The van der Waals surface area contributed by atoms with E-state index in [2.05, 4.69) is 0 Å². The summed E-state index contributed by atoms with van der Waals surface area (Å²) in [6, 6.07) is 18.5. The highest BCUT2D eigenvalue weighted by atomic mass is 35.5. The van der Waals surface area contributed by atoms with Gasteiger partial charge in [-0.15, -0.1) is 0 Å². The largest absolute Gasteiger partial charge is 0.349 e. The lowest BCUT2D eigenvalue weighted by molar-refractivity contribution is -0.127. The summed E-state index contributed by atoms with van der Waals surface area (Å²) in [6.07, 6.45) is -1.04. The van der Waals surface area contributed by atoms with E-state index >= 15 is 0 Å². The molecule has 2 aliphatic heterocycles. The molecule has 7 heteroatoms. The van der Waals surface area contributed by atoms with E-state index < -0.39 is 46.9 Å². The van der Waals surface area contributed by atoms with Crippen molar-refractivity contribution in [1.29, 1.82) is 0 Å². The SMILES string of the molecule is Cc1ccc(N2C(=O)[C@@H]3[C@@H](C2=O)C2(O[C@H]3c3ccccc3Cl)C(=O)c3ccccc3C2=O)cc1C. The number of carbonyl (C=O) groups excluding carboxylic acids is 4. The predicted octanol–water partition coefficient (Wildman–Crippen LogP) is 4.65. The van der Waals surface area contributed by atoms with Crippen LogP contribution in [-0.2, 0) is 14.3 Å². The van der Waals surface area contributed by atoms with Gasteiger partial charge in [0, 0.05) is 21.7 Å². The summed E-state index contributed by atoms with van der Waals surface area (Å²) in [7, 11) is 0. The Morgan fingerprint density at radius 3 is 2.06 bits per heavy atom. The average Bonchev–Trinajstić information content (AvgIpc) is 3.41. The van der Waals surface area contributed by atoms with Gasteiger partial charge >= 0.3 is 0 Å². The number of imide groups is 1. The fourth-order valence-electron chi connectivity index (χ4n) is 5.62. The first-order valence-corrected chi connectivity index (χ1v) is 11.7. The van der Waals surface area contributed by atoms with E-state index in [1.165, 1.54) is 0 Å². The third-order valence-corrected chi connectivity index (χ3v) is 7.82. The van der Waals surface area contributed by atoms with Gasteiger partial charge in [0.05, 0.1) is 23.6 Å². The molecule has 2 saturated heterocycles. The highest BCUT2D eigenvalue weighted by molar-refractivity contribution is 6.37. The summed E-state index contributed by atoms with van der Waals surface area (Å²) in [5.74, 6) is -4.69. The van der Waals surface area contributed by atoms with Crippen molar-refractivity contribution in [1.82, 2.24) is 0 Å². The van der Waals surface area contributed by atoms with E-state index in [1.54, 1.807) is 60.7 Å². The molecule has 0 saturated carbocycles. The smallest absolute Gasteiger partial charge is 0.241 e. The molecule has 0 N–H and O–H groups in total. The Morgan fingerprint density at radius 1 is 0.800 bits per heavy atom. The Hall–Kier alpha value is -3.61. The van der Waals surface area contributed by atoms with Crippen LogP contribution >= 0.6 is 11.6 Å². The molecule has 1 aliphatic carbocycles. The predicted molar refractivity (Wildman–Crippen MR) is 129 cm³/mol. The van der Waals surface area contributed by atoms with Crippen molar-refractivity contribution in [2.45, 2.75) is 25.6 Å². The number of halogens is 1. The highest BCUT2D eigenvalue weighted by Gasteiger charge is 2.74. The zero-order valence-corrected chi connectivity index (χ0v) is 19.7. The zero-order valence-electron chi connectivity index (χ0n) is 18.9. The molecule has 3 aromatic rings. The quantitative estimate of drug-likeness (QED) is 0.390. The molecule has 3 aliphatic rings. The zero-order chi connectivity index (χ0) is 24.6. The number of hydrogen-bond donors (Lipinski definition) is 0. The van der Waals surface area contributed by atoms with Gasteiger partial charge in [-0.3, -0.25) is 19.2 Å². The van der Waals surface area contributed by atoms with Crippen LogP contribution < -0.4 is 4.90 Å². The second kappa shape index (κ2) is 7.44. The Kier molecular flexibility index (Phi) is 4.66. The number of aryl methyl sites for hydroxylation is 2. The molecular weight excluding hydrogens is 466 g/mol. The maximum atomic E-state index is 13.9. The minimum absolute atomic E-state index is 0.195. The van der Waals surface area contributed by atoms with E-state index in [0.29, 0.717) is 16.3 Å². The van der Waals surface area contributed by atoms with Gasteiger partial charge in [0.25, 0.3) is 0 Å². The number of ether oxygens (including phenoxy) is 1. The molecule has 1 spiro atoms. The number of anilines is 1. The molecule has 0 radical (unpaired) electrons. The van der Waals surface area contributed by atoms with Gasteiger partial charge in [-0.2, -0.15) is 0 Å². The molecule has 2 heterocycles. The molecule has 2 fully saturated rings. The van der Waals surface area contributed by atoms with Crippen molar-refractivity contribution in [3.63, 3.8) is 0 Å². The van der Waals surface area contributed by atoms with Gasteiger partial charge in [-0.1, -0.05) is 60.1 Å². The first-order valence-electron chi connectivity index (χ1n) is 11.3. The Bertz CT molecular complexity index is 1440. The molecule has 174 valence electrons. The molecule has 0 aromatic heterocycles. The molecule has 2 amide bonds. The lowest BCUT2D eigenvalue weighted by Crippen LogP contribution is -2.51. The van der Waals surface area contributed by atoms with Crippen LogP contribution in [0.1, 0.15) is 43.5 Å². The second-order valence-corrected chi connectivity index (χ2v) is 9.69. The standard InChI is InChI=1S/C28H20ClNO5/c1-14-11-12-16(13-15(14)2)30-26(33)21-22(27(30)34)28(35-23(21)19-9-5-6-10-20(19)29)24(31)17-7-3-4-8-18(17)25(28)32/h3-13,21-23H,1-2H3/t21-,22+,23+/m1/s1. The Labute approximate surface area is 206 Å². The first kappa shape index (κ1) is 21.9. The maximum absolute atomic E-state index is 13.9. The van der Waals surface area contributed by atoms with Gasteiger partial charge in [0.15, 0.2) is 0 Å². The number of carbonyl (C=O) groups is 4. The number of nitrogens with zero attached hydrogens (tertiary/aromatic N) is 1. The number of ketones is 2. The molecule has 0 bridgehead atoms. The van der Waals surface area contributed by atoms with Crippen molar-refractivity contribution in [3.8, 4) is 0 Å². The number of benzene rings is 3.